The summed E-state index contributed by atoms with van der Waals surface area (Å²) in [6, 6.07) is 2.12. The molecular formula is C16H28N2O. The van der Waals surface area contributed by atoms with Crippen molar-refractivity contribution in [1.82, 2.24) is 4.90 Å². The zero-order valence-corrected chi connectivity index (χ0v) is 12.8. The van der Waals surface area contributed by atoms with Crippen LogP contribution >= 0.6 is 0 Å². The van der Waals surface area contributed by atoms with Crippen LogP contribution in [0.3, 0.4) is 0 Å². The molecule has 0 unspecified atom stereocenters. The number of nitrogens with zero attached hydrogens (tertiary/aromatic N) is 1. The first-order chi connectivity index (χ1) is 8.90. The highest BCUT2D eigenvalue weighted by atomic mass is 16.3. The number of nitrogens with two attached hydrogens (primary N) is 1. The maximum Gasteiger partial charge on any atom is 0.118 e. The quantitative estimate of drug-likeness (QED) is 0.910. The molecule has 19 heavy (non-hydrogen) atoms. The van der Waals surface area contributed by atoms with Crippen molar-refractivity contribution >= 4 is 0 Å². The third-order valence-electron chi connectivity index (χ3n) is 4.48. The fourth-order valence-corrected chi connectivity index (χ4v) is 3.04. The highest BCUT2D eigenvalue weighted by Gasteiger charge is 2.28. The lowest BCUT2D eigenvalue weighted by atomic mass is 9.75. The van der Waals surface area contributed by atoms with Crippen LogP contribution in [0.1, 0.15) is 50.7 Å². The second kappa shape index (κ2) is 5.68. The van der Waals surface area contributed by atoms with Gasteiger partial charge in [0.1, 0.15) is 11.5 Å². The summed E-state index contributed by atoms with van der Waals surface area (Å²) in [6.45, 7) is 13.0. The molecule has 2 rings (SSSR count). The molecule has 1 saturated heterocycles. The Morgan fingerprint density at radius 2 is 1.95 bits per heavy atom. The number of hydrogen-bond acceptors (Lipinski definition) is 3. The summed E-state index contributed by atoms with van der Waals surface area (Å²) in [5.41, 5.74) is 7.37. The van der Waals surface area contributed by atoms with Crippen molar-refractivity contribution in [3.05, 3.63) is 23.2 Å². The molecule has 0 spiro atoms. The lowest BCUT2D eigenvalue weighted by molar-refractivity contribution is 0.108. The fourth-order valence-electron chi connectivity index (χ4n) is 3.04. The largest absolute Gasteiger partial charge is 0.465 e. The van der Waals surface area contributed by atoms with Gasteiger partial charge >= 0.3 is 0 Å². The predicted octanol–water partition coefficient (Wildman–Crippen LogP) is 3.30. The Kier molecular flexibility index (Phi) is 4.36. The molecule has 0 bridgehead atoms. The molecule has 2 heterocycles. The van der Waals surface area contributed by atoms with E-state index in [0.29, 0.717) is 12.0 Å². The van der Waals surface area contributed by atoms with Crippen LogP contribution in [0.5, 0.6) is 0 Å². The number of rotatable bonds is 3. The molecule has 1 aliphatic rings. The van der Waals surface area contributed by atoms with Crippen molar-refractivity contribution < 1.29 is 4.42 Å². The monoisotopic (exact) mass is 264 g/mol. The average Bonchev–Trinajstić information content (AvgIpc) is 2.70. The minimum absolute atomic E-state index is 0.449. The maximum absolute atomic E-state index is 5.63. The van der Waals surface area contributed by atoms with Gasteiger partial charge in [0.2, 0.25) is 0 Å². The molecule has 3 nitrogen and oxygen atoms in total. The SMILES string of the molecule is Cc1oc(CN)cc1CN1CCC(C(C)(C)C)CC1. The molecule has 108 valence electrons. The topological polar surface area (TPSA) is 42.4 Å². The van der Waals surface area contributed by atoms with Gasteiger partial charge in [-0.2, -0.15) is 0 Å². The number of likely N-dealkylation sites (tertiary alicyclic amines) is 1. The van der Waals surface area contributed by atoms with Crippen LogP contribution < -0.4 is 5.73 Å². The third kappa shape index (κ3) is 3.61. The van der Waals surface area contributed by atoms with E-state index in [1.807, 2.05) is 6.92 Å². The Hall–Kier alpha value is -0.800. The standard InChI is InChI=1S/C16H28N2O/c1-12-13(9-15(10-17)19-12)11-18-7-5-14(6-8-18)16(2,3)4/h9,14H,5-8,10-11,17H2,1-4H3. The highest BCUT2D eigenvalue weighted by molar-refractivity contribution is 5.20. The number of hydrogen-bond donors (Lipinski definition) is 1. The van der Waals surface area contributed by atoms with E-state index in [4.69, 9.17) is 10.2 Å². The van der Waals surface area contributed by atoms with Crippen molar-refractivity contribution in [1.29, 1.82) is 0 Å². The van der Waals surface area contributed by atoms with Crippen LogP contribution in [-0.4, -0.2) is 18.0 Å². The molecule has 1 aromatic rings. The second-order valence-corrected chi connectivity index (χ2v) is 6.91. The molecule has 3 heteroatoms. The molecule has 1 fully saturated rings. The smallest absolute Gasteiger partial charge is 0.118 e. The zero-order valence-electron chi connectivity index (χ0n) is 12.8. The lowest BCUT2D eigenvalue weighted by Gasteiger charge is -2.38. The van der Waals surface area contributed by atoms with E-state index < -0.39 is 0 Å². The van der Waals surface area contributed by atoms with Gasteiger partial charge in [-0.3, -0.25) is 4.90 Å². The van der Waals surface area contributed by atoms with Gasteiger partial charge in [-0.15, -0.1) is 0 Å². The Morgan fingerprint density at radius 3 is 2.42 bits per heavy atom. The molecular weight excluding hydrogens is 236 g/mol. The van der Waals surface area contributed by atoms with Gasteiger partial charge in [-0.25, -0.2) is 0 Å². The van der Waals surface area contributed by atoms with E-state index in [0.717, 1.165) is 24.0 Å². The van der Waals surface area contributed by atoms with Gasteiger partial charge in [0.05, 0.1) is 6.54 Å². The van der Waals surface area contributed by atoms with Crippen LogP contribution in [0.4, 0.5) is 0 Å². The third-order valence-corrected chi connectivity index (χ3v) is 4.48. The number of furan rings is 1. The molecule has 0 atom stereocenters. The Bertz CT molecular complexity index is 409. The van der Waals surface area contributed by atoms with Crippen molar-refractivity contribution in [2.24, 2.45) is 17.1 Å². The molecule has 0 amide bonds. The first kappa shape index (κ1) is 14.6. The van der Waals surface area contributed by atoms with Gasteiger partial charge in [0.15, 0.2) is 0 Å². The zero-order chi connectivity index (χ0) is 14.0. The molecule has 2 N–H and O–H groups in total. The first-order valence-corrected chi connectivity index (χ1v) is 7.40. The summed E-state index contributed by atoms with van der Waals surface area (Å²) in [5.74, 6) is 2.78. The van der Waals surface area contributed by atoms with Gasteiger partial charge in [-0.05, 0) is 50.3 Å². The predicted molar refractivity (Wildman–Crippen MR) is 78.8 cm³/mol. The fraction of sp³-hybridized carbons (Fsp3) is 0.750. The van der Waals surface area contributed by atoms with Crippen LogP contribution in [-0.2, 0) is 13.1 Å². The van der Waals surface area contributed by atoms with E-state index in [1.165, 1.54) is 31.5 Å². The van der Waals surface area contributed by atoms with Gasteiger partial charge in [0.25, 0.3) is 0 Å². The second-order valence-electron chi connectivity index (χ2n) is 6.91. The summed E-state index contributed by atoms with van der Waals surface area (Å²) in [7, 11) is 0. The van der Waals surface area contributed by atoms with E-state index in [2.05, 4.69) is 31.7 Å². The molecule has 1 aromatic heterocycles. The van der Waals surface area contributed by atoms with Crippen molar-refractivity contribution in [3.63, 3.8) is 0 Å². The summed E-state index contributed by atoms with van der Waals surface area (Å²) < 4.78 is 5.63. The summed E-state index contributed by atoms with van der Waals surface area (Å²) >= 11 is 0. The average molecular weight is 264 g/mol. The maximum atomic E-state index is 5.63. The molecule has 0 aromatic carbocycles. The summed E-state index contributed by atoms with van der Waals surface area (Å²) in [4.78, 5) is 2.54. The lowest BCUT2D eigenvalue weighted by Crippen LogP contribution is -2.37. The normalized spacial score (nSPS) is 19.0. The molecule has 0 radical (unpaired) electrons. The summed E-state index contributed by atoms with van der Waals surface area (Å²) in [6.07, 6.45) is 2.62. The minimum atomic E-state index is 0.449. The van der Waals surface area contributed by atoms with Gasteiger partial charge < -0.3 is 10.2 Å². The summed E-state index contributed by atoms with van der Waals surface area (Å²) in [5, 5.41) is 0. The van der Waals surface area contributed by atoms with Crippen LogP contribution in [0, 0.1) is 18.3 Å². The molecule has 0 aliphatic carbocycles. The van der Waals surface area contributed by atoms with Crippen molar-refractivity contribution in [3.8, 4) is 0 Å². The number of piperidine rings is 1. The molecule has 1 aliphatic heterocycles. The first-order valence-electron chi connectivity index (χ1n) is 7.40. The number of aryl methyl sites for hydroxylation is 1. The Balaban J connectivity index is 1.90. The van der Waals surface area contributed by atoms with E-state index >= 15 is 0 Å². The van der Waals surface area contributed by atoms with Crippen LogP contribution in [0.2, 0.25) is 0 Å². The van der Waals surface area contributed by atoms with Crippen LogP contribution in [0.15, 0.2) is 10.5 Å². The van der Waals surface area contributed by atoms with E-state index in [-0.39, 0.29) is 0 Å². The van der Waals surface area contributed by atoms with E-state index in [1.54, 1.807) is 0 Å². The molecule has 0 saturated carbocycles. The van der Waals surface area contributed by atoms with Crippen molar-refractivity contribution in [2.45, 2.75) is 53.6 Å². The minimum Gasteiger partial charge on any atom is -0.465 e. The van der Waals surface area contributed by atoms with Crippen molar-refractivity contribution in [2.75, 3.05) is 13.1 Å². The van der Waals surface area contributed by atoms with E-state index in [9.17, 15) is 0 Å². The Morgan fingerprint density at radius 1 is 1.32 bits per heavy atom. The van der Waals surface area contributed by atoms with Crippen LogP contribution in [0.25, 0.3) is 0 Å². The van der Waals surface area contributed by atoms with Gasteiger partial charge in [-0.1, -0.05) is 20.8 Å². The Labute approximate surface area is 117 Å². The van der Waals surface area contributed by atoms with Gasteiger partial charge in [0, 0.05) is 12.1 Å². The highest BCUT2D eigenvalue weighted by Crippen LogP contribution is 2.34.